The lowest BCUT2D eigenvalue weighted by Crippen LogP contribution is -2.13. The molecule has 1 aromatic carbocycles. The lowest BCUT2D eigenvalue weighted by molar-refractivity contribution is 0.102. The van der Waals surface area contributed by atoms with E-state index in [0.717, 1.165) is 21.4 Å². The van der Waals surface area contributed by atoms with Crippen LogP contribution in [0.5, 0.6) is 0 Å². The van der Waals surface area contributed by atoms with Crippen LogP contribution in [0, 0.1) is 13.8 Å². The molecule has 2 aromatic rings. The predicted octanol–water partition coefficient (Wildman–Crippen LogP) is 3.71. The molecule has 0 aliphatic carbocycles. The molecule has 92 valence electrons. The van der Waals surface area contributed by atoms with Gasteiger partial charge in [0.05, 0.1) is 16.9 Å². The Bertz CT molecular complexity index is 596. The van der Waals surface area contributed by atoms with Gasteiger partial charge in [0.25, 0.3) is 5.91 Å². The Morgan fingerprint density at radius 1 is 1.28 bits per heavy atom. The molecule has 1 amide bonds. The van der Waals surface area contributed by atoms with E-state index in [1.54, 1.807) is 18.3 Å². The Morgan fingerprint density at radius 2 is 2.06 bits per heavy atom. The molecular weight excluding hydrogens is 292 g/mol. The Hall–Kier alpha value is -1.68. The van der Waals surface area contributed by atoms with Crippen molar-refractivity contribution in [1.82, 2.24) is 4.98 Å². The molecule has 0 aliphatic rings. The number of hydrogen-bond acceptors (Lipinski definition) is 2. The van der Waals surface area contributed by atoms with Gasteiger partial charge in [-0.3, -0.25) is 9.78 Å². The molecule has 1 heterocycles. The van der Waals surface area contributed by atoms with Crippen LogP contribution in [0.2, 0.25) is 0 Å². The molecule has 0 radical (unpaired) electrons. The first-order valence-corrected chi connectivity index (χ1v) is 6.36. The highest BCUT2D eigenvalue weighted by atomic mass is 79.9. The van der Waals surface area contributed by atoms with Crippen molar-refractivity contribution in [3.63, 3.8) is 0 Å². The van der Waals surface area contributed by atoms with E-state index in [1.807, 2.05) is 32.0 Å². The number of aromatic nitrogens is 1. The topological polar surface area (TPSA) is 42.0 Å². The summed E-state index contributed by atoms with van der Waals surface area (Å²) in [7, 11) is 0. The zero-order chi connectivity index (χ0) is 13.1. The largest absolute Gasteiger partial charge is 0.320 e. The maximum absolute atomic E-state index is 12.1. The van der Waals surface area contributed by atoms with E-state index in [2.05, 4.69) is 26.2 Å². The van der Waals surface area contributed by atoms with Crippen molar-refractivity contribution in [2.75, 3.05) is 5.32 Å². The molecule has 0 saturated heterocycles. The summed E-state index contributed by atoms with van der Waals surface area (Å²) in [6.07, 6.45) is 1.70. The third kappa shape index (κ3) is 2.76. The summed E-state index contributed by atoms with van der Waals surface area (Å²) in [5.74, 6) is -0.141. The summed E-state index contributed by atoms with van der Waals surface area (Å²) >= 11 is 3.40. The summed E-state index contributed by atoms with van der Waals surface area (Å²) < 4.78 is 0.793. The summed E-state index contributed by atoms with van der Waals surface area (Å²) in [5.41, 5.74) is 3.25. The first kappa shape index (κ1) is 12.8. The Kier molecular flexibility index (Phi) is 3.77. The van der Waals surface area contributed by atoms with Crippen LogP contribution in [0.3, 0.4) is 0 Å². The van der Waals surface area contributed by atoms with Gasteiger partial charge in [0, 0.05) is 10.7 Å². The third-order valence-corrected chi connectivity index (χ3v) is 3.28. The van der Waals surface area contributed by atoms with Crippen LogP contribution >= 0.6 is 15.9 Å². The first-order valence-electron chi connectivity index (χ1n) is 5.57. The quantitative estimate of drug-likeness (QED) is 0.919. The number of nitrogens with zero attached hydrogens (tertiary/aromatic N) is 1. The number of amides is 1. The number of halogens is 1. The molecule has 4 heteroatoms. The van der Waals surface area contributed by atoms with E-state index in [1.165, 1.54) is 0 Å². The van der Waals surface area contributed by atoms with Crippen LogP contribution in [0.25, 0.3) is 0 Å². The summed E-state index contributed by atoms with van der Waals surface area (Å²) in [6, 6.07) is 9.27. The highest BCUT2D eigenvalue weighted by Crippen LogP contribution is 2.20. The number of aryl methyl sites for hydroxylation is 2. The maximum Gasteiger partial charge on any atom is 0.256 e. The summed E-state index contributed by atoms with van der Waals surface area (Å²) in [6.45, 7) is 3.84. The Morgan fingerprint density at radius 3 is 2.72 bits per heavy atom. The summed E-state index contributed by atoms with van der Waals surface area (Å²) in [4.78, 5) is 16.3. The standard InChI is InChI=1S/C14H13BrN2O/c1-9-5-6-11(12(15)8-9)14(18)17-13-4-3-7-16-10(13)2/h3-8H,1-2H3,(H,17,18). The van der Waals surface area contributed by atoms with Gasteiger partial charge in [0.1, 0.15) is 0 Å². The van der Waals surface area contributed by atoms with Crippen LogP contribution in [0.15, 0.2) is 41.0 Å². The van der Waals surface area contributed by atoms with Gasteiger partial charge in [-0.1, -0.05) is 6.07 Å². The molecule has 0 aliphatic heterocycles. The SMILES string of the molecule is Cc1ccc(C(=O)Nc2cccnc2C)c(Br)c1. The number of pyridine rings is 1. The fourth-order valence-corrected chi connectivity index (χ4v) is 2.28. The van der Waals surface area contributed by atoms with E-state index in [4.69, 9.17) is 0 Å². The highest BCUT2D eigenvalue weighted by molar-refractivity contribution is 9.10. The van der Waals surface area contributed by atoms with E-state index in [9.17, 15) is 4.79 Å². The van der Waals surface area contributed by atoms with Crippen LogP contribution in [-0.4, -0.2) is 10.9 Å². The number of rotatable bonds is 2. The smallest absolute Gasteiger partial charge is 0.256 e. The maximum atomic E-state index is 12.1. The molecule has 0 bridgehead atoms. The number of carbonyl (C=O) groups excluding carboxylic acids is 1. The van der Waals surface area contributed by atoms with Gasteiger partial charge in [0.15, 0.2) is 0 Å². The normalized spacial score (nSPS) is 10.2. The average molecular weight is 305 g/mol. The van der Waals surface area contributed by atoms with Crippen molar-refractivity contribution in [2.24, 2.45) is 0 Å². The van der Waals surface area contributed by atoms with Crippen LogP contribution in [0.1, 0.15) is 21.6 Å². The minimum absolute atomic E-state index is 0.141. The minimum Gasteiger partial charge on any atom is -0.320 e. The van der Waals surface area contributed by atoms with E-state index in [-0.39, 0.29) is 5.91 Å². The molecule has 0 unspecified atom stereocenters. The second-order valence-corrected chi connectivity index (χ2v) is 4.93. The van der Waals surface area contributed by atoms with Crippen molar-refractivity contribution in [3.05, 3.63) is 57.8 Å². The van der Waals surface area contributed by atoms with Gasteiger partial charge in [-0.2, -0.15) is 0 Å². The van der Waals surface area contributed by atoms with Gasteiger partial charge in [-0.05, 0) is 59.6 Å². The van der Waals surface area contributed by atoms with E-state index >= 15 is 0 Å². The molecule has 0 saturated carbocycles. The summed E-state index contributed by atoms with van der Waals surface area (Å²) in [5, 5.41) is 2.86. The van der Waals surface area contributed by atoms with Crippen molar-refractivity contribution in [1.29, 1.82) is 0 Å². The van der Waals surface area contributed by atoms with Crippen LogP contribution in [-0.2, 0) is 0 Å². The van der Waals surface area contributed by atoms with E-state index in [0.29, 0.717) is 5.56 Å². The van der Waals surface area contributed by atoms with Crippen molar-refractivity contribution < 1.29 is 4.79 Å². The fourth-order valence-electron chi connectivity index (χ4n) is 1.61. The minimum atomic E-state index is -0.141. The van der Waals surface area contributed by atoms with Crippen LogP contribution < -0.4 is 5.32 Å². The Balaban J connectivity index is 2.25. The second-order valence-electron chi connectivity index (χ2n) is 4.07. The van der Waals surface area contributed by atoms with Crippen molar-refractivity contribution >= 4 is 27.5 Å². The first-order chi connectivity index (χ1) is 8.58. The molecular formula is C14H13BrN2O. The zero-order valence-corrected chi connectivity index (χ0v) is 11.8. The monoisotopic (exact) mass is 304 g/mol. The zero-order valence-electron chi connectivity index (χ0n) is 10.2. The van der Waals surface area contributed by atoms with Gasteiger partial charge in [-0.25, -0.2) is 0 Å². The molecule has 2 rings (SSSR count). The molecule has 3 nitrogen and oxygen atoms in total. The van der Waals surface area contributed by atoms with Gasteiger partial charge in [0.2, 0.25) is 0 Å². The average Bonchev–Trinajstić information content (AvgIpc) is 2.32. The second kappa shape index (κ2) is 5.31. The lowest BCUT2D eigenvalue weighted by atomic mass is 10.1. The lowest BCUT2D eigenvalue weighted by Gasteiger charge is -2.09. The van der Waals surface area contributed by atoms with Gasteiger partial charge < -0.3 is 5.32 Å². The predicted molar refractivity (Wildman–Crippen MR) is 75.8 cm³/mol. The molecule has 0 atom stereocenters. The number of nitrogens with one attached hydrogen (secondary N) is 1. The number of benzene rings is 1. The number of anilines is 1. The highest BCUT2D eigenvalue weighted by Gasteiger charge is 2.11. The fraction of sp³-hybridized carbons (Fsp3) is 0.143. The molecule has 1 N–H and O–H groups in total. The third-order valence-electron chi connectivity index (χ3n) is 2.62. The molecule has 0 spiro atoms. The molecule has 0 fully saturated rings. The Labute approximate surface area is 114 Å². The van der Waals surface area contributed by atoms with E-state index < -0.39 is 0 Å². The van der Waals surface area contributed by atoms with Crippen molar-refractivity contribution in [2.45, 2.75) is 13.8 Å². The van der Waals surface area contributed by atoms with Gasteiger partial charge in [-0.15, -0.1) is 0 Å². The van der Waals surface area contributed by atoms with Crippen molar-refractivity contribution in [3.8, 4) is 0 Å². The van der Waals surface area contributed by atoms with Gasteiger partial charge >= 0.3 is 0 Å². The molecule has 18 heavy (non-hydrogen) atoms. The van der Waals surface area contributed by atoms with Crippen LogP contribution in [0.4, 0.5) is 5.69 Å². The number of hydrogen-bond donors (Lipinski definition) is 1. The number of carbonyl (C=O) groups is 1. The molecule has 1 aromatic heterocycles.